The quantitative estimate of drug-likeness (QED) is 0.261. The summed E-state index contributed by atoms with van der Waals surface area (Å²) in [5.74, 6) is 0.627. The maximum Gasteiger partial charge on any atom is 0.291 e. The van der Waals surface area contributed by atoms with E-state index in [1.807, 2.05) is 24.3 Å². The molecule has 0 aliphatic carbocycles. The smallest absolute Gasteiger partial charge is 0.291 e. The van der Waals surface area contributed by atoms with Gasteiger partial charge >= 0.3 is 0 Å². The summed E-state index contributed by atoms with van der Waals surface area (Å²) < 4.78 is 11.1. The standard InChI is InChI=1S/C29H24Cl3N3O4/c1-38-24-10-5-18(30)17-22(24)29(37)35-15-13-34(14-16-35)20-8-6-19(7-9-20)33-28(36)26-12-11-25(39-26)21-3-2-4-23(31)27(21)32/h2-12,17H,13-16H2,1H3,(H,33,36). The number of hydrogen-bond acceptors (Lipinski definition) is 5. The summed E-state index contributed by atoms with van der Waals surface area (Å²) in [5.41, 5.74) is 2.69. The first kappa shape index (κ1) is 26.9. The van der Waals surface area contributed by atoms with Crippen molar-refractivity contribution in [3.8, 4) is 17.1 Å². The molecular formula is C29H24Cl3N3O4. The Hall–Kier alpha value is -3.65. The number of carbonyl (C=O) groups is 2. The van der Waals surface area contributed by atoms with Crippen LogP contribution in [0.25, 0.3) is 11.3 Å². The molecule has 1 fully saturated rings. The monoisotopic (exact) mass is 583 g/mol. The third-order valence-corrected chi connectivity index (χ3v) is 7.55. The summed E-state index contributed by atoms with van der Waals surface area (Å²) in [4.78, 5) is 29.8. The molecular weight excluding hydrogens is 561 g/mol. The Morgan fingerprint density at radius 1 is 0.897 bits per heavy atom. The van der Waals surface area contributed by atoms with Crippen LogP contribution in [-0.4, -0.2) is 50.0 Å². The molecule has 1 aromatic heterocycles. The van der Waals surface area contributed by atoms with E-state index < -0.39 is 0 Å². The minimum absolute atomic E-state index is 0.106. The Morgan fingerprint density at radius 2 is 1.64 bits per heavy atom. The zero-order chi connectivity index (χ0) is 27.5. The molecule has 0 radical (unpaired) electrons. The summed E-state index contributed by atoms with van der Waals surface area (Å²) in [6.45, 7) is 2.46. The highest BCUT2D eigenvalue weighted by atomic mass is 35.5. The first-order valence-electron chi connectivity index (χ1n) is 12.2. The van der Waals surface area contributed by atoms with Crippen molar-refractivity contribution >= 4 is 58.0 Å². The average Bonchev–Trinajstić information content (AvgIpc) is 3.45. The summed E-state index contributed by atoms with van der Waals surface area (Å²) in [6, 6.07) is 21.1. The van der Waals surface area contributed by atoms with Crippen LogP contribution in [0.5, 0.6) is 5.75 Å². The normalized spacial score (nSPS) is 13.3. The van der Waals surface area contributed by atoms with Gasteiger partial charge in [-0.2, -0.15) is 0 Å². The lowest BCUT2D eigenvalue weighted by atomic mass is 10.1. The van der Waals surface area contributed by atoms with Gasteiger partial charge in [0.2, 0.25) is 0 Å². The van der Waals surface area contributed by atoms with Gasteiger partial charge in [0.1, 0.15) is 11.5 Å². The summed E-state index contributed by atoms with van der Waals surface area (Å²) in [5, 5.41) is 4.11. The van der Waals surface area contributed by atoms with Gasteiger partial charge in [0, 0.05) is 48.1 Å². The molecule has 39 heavy (non-hydrogen) atoms. The lowest BCUT2D eigenvalue weighted by molar-refractivity contribution is 0.0743. The van der Waals surface area contributed by atoms with Gasteiger partial charge < -0.3 is 24.3 Å². The largest absolute Gasteiger partial charge is 0.496 e. The minimum Gasteiger partial charge on any atom is -0.496 e. The fraction of sp³-hybridized carbons (Fsp3) is 0.172. The Labute approximate surface area is 240 Å². The van der Waals surface area contributed by atoms with Gasteiger partial charge in [0.05, 0.1) is 22.7 Å². The molecule has 0 saturated carbocycles. The highest BCUT2D eigenvalue weighted by molar-refractivity contribution is 6.43. The van der Waals surface area contributed by atoms with Crippen molar-refractivity contribution < 1.29 is 18.7 Å². The number of furan rings is 1. The fourth-order valence-corrected chi connectivity index (χ4v) is 5.00. The molecule has 1 aliphatic heterocycles. The van der Waals surface area contributed by atoms with Crippen LogP contribution in [0.1, 0.15) is 20.9 Å². The third-order valence-electron chi connectivity index (χ3n) is 6.50. The van der Waals surface area contributed by atoms with Gasteiger partial charge in [0.15, 0.2) is 5.76 Å². The molecule has 2 heterocycles. The second-order valence-corrected chi connectivity index (χ2v) is 10.1. The zero-order valence-electron chi connectivity index (χ0n) is 20.9. The predicted octanol–water partition coefficient (Wildman–Crippen LogP) is 7.13. The summed E-state index contributed by atoms with van der Waals surface area (Å²) >= 11 is 18.5. The molecule has 10 heteroatoms. The number of ether oxygens (including phenoxy) is 1. The number of nitrogens with zero attached hydrogens (tertiary/aromatic N) is 2. The molecule has 1 saturated heterocycles. The number of amides is 2. The summed E-state index contributed by atoms with van der Waals surface area (Å²) in [7, 11) is 1.53. The highest BCUT2D eigenvalue weighted by Crippen LogP contribution is 2.34. The van der Waals surface area contributed by atoms with Gasteiger partial charge in [-0.15, -0.1) is 0 Å². The Kier molecular flexibility index (Phi) is 8.02. The van der Waals surface area contributed by atoms with E-state index in [2.05, 4.69) is 10.2 Å². The molecule has 3 aromatic carbocycles. The number of carbonyl (C=O) groups excluding carboxylic acids is 2. The third kappa shape index (κ3) is 5.86. The van der Waals surface area contributed by atoms with E-state index in [0.717, 1.165) is 5.69 Å². The van der Waals surface area contributed by atoms with Crippen LogP contribution in [0.3, 0.4) is 0 Å². The topological polar surface area (TPSA) is 75.0 Å². The number of piperazine rings is 1. The van der Waals surface area contributed by atoms with Crippen LogP contribution in [0.2, 0.25) is 15.1 Å². The maximum absolute atomic E-state index is 13.1. The van der Waals surface area contributed by atoms with Crippen LogP contribution < -0.4 is 15.0 Å². The molecule has 0 atom stereocenters. The van der Waals surface area contributed by atoms with Crippen molar-refractivity contribution in [3.05, 3.63) is 99.2 Å². The molecule has 1 N–H and O–H groups in total. The zero-order valence-corrected chi connectivity index (χ0v) is 23.2. The van der Waals surface area contributed by atoms with Gasteiger partial charge in [-0.1, -0.05) is 40.9 Å². The number of methoxy groups -OCH3 is 1. The van der Waals surface area contributed by atoms with Gasteiger partial charge in [-0.25, -0.2) is 0 Å². The number of nitrogens with one attached hydrogen (secondary N) is 1. The molecule has 0 unspecified atom stereocenters. The summed E-state index contributed by atoms with van der Waals surface area (Å²) in [6.07, 6.45) is 0. The van der Waals surface area contributed by atoms with Gasteiger partial charge in [-0.05, 0) is 66.7 Å². The number of anilines is 2. The van der Waals surface area contributed by atoms with E-state index in [-0.39, 0.29) is 17.6 Å². The van der Waals surface area contributed by atoms with Crippen molar-refractivity contribution in [2.24, 2.45) is 0 Å². The van der Waals surface area contributed by atoms with Crippen LogP contribution in [-0.2, 0) is 0 Å². The molecule has 4 aromatic rings. The van der Waals surface area contributed by atoms with E-state index in [1.54, 1.807) is 53.4 Å². The lowest BCUT2D eigenvalue weighted by Gasteiger charge is -2.36. The Morgan fingerprint density at radius 3 is 2.36 bits per heavy atom. The SMILES string of the molecule is COc1ccc(Cl)cc1C(=O)N1CCN(c2ccc(NC(=O)c3ccc(-c4cccc(Cl)c4Cl)o3)cc2)CC1. The fourth-order valence-electron chi connectivity index (χ4n) is 4.43. The van der Waals surface area contributed by atoms with Crippen LogP contribution in [0.4, 0.5) is 11.4 Å². The Balaban J connectivity index is 1.18. The molecule has 7 nitrogen and oxygen atoms in total. The molecule has 0 spiro atoms. The van der Waals surface area contributed by atoms with E-state index in [4.69, 9.17) is 44.0 Å². The highest BCUT2D eigenvalue weighted by Gasteiger charge is 2.25. The molecule has 200 valence electrons. The van der Waals surface area contributed by atoms with Crippen LogP contribution in [0, 0.1) is 0 Å². The van der Waals surface area contributed by atoms with Gasteiger partial charge in [0.25, 0.3) is 11.8 Å². The first-order chi connectivity index (χ1) is 18.8. The lowest BCUT2D eigenvalue weighted by Crippen LogP contribution is -2.48. The van der Waals surface area contributed by atoms with Crippen LogP contribution in [0.15, 0.2) is 77.2 Å². The second kappa shape index (κ2) is 11.6. The number of benzene rings is 3. The second-order valence-electron chi connectivity index (χ2n) is 8.89. The van der Waals surface area contributed by atoms with Crippen molar-refractivity contribution in [2.45, 2.75) is 0 Å². The van der Waals surface area contributed by atoms with Crippen molar-refractivity contribution in [3.63, 3.8) is 0 Å². The number of rotatable bonds is 6. The molecule has 1 aliphatic rings. The Bertz CT molecular complexity index is 1510. The molecule has 0 bridgehead atoms. The number of hydrogen-bond donors (Lipinski definition) is 1. The molecule has 5 rings (SSSR count). The van der Waals surface area contributed by atoms with Crippen molar-refractivity contribution in [1.82, 2.24) is 4.90 Å². The van der Waals surface area contributed by atoms with E-state index >= 15 is 0 Å². The van der Waals surface area contributed by atoms with Crippen molar-refractivity contribution in [2.75, 3.05) is 43.5 Å². The van der Waals surface area contributed by atoms with E-state index in [9.17, 15) is 9.59 Å². The predicted molar refractivity (Wildman–Crippen MR) is 155 cm³/mol. The minimum atomic E-state index is -0.379. The van der Waals surface area contributed by atoms with Crippen molar-refractivity contribution in [1.29, 1.82) is 0 Å². The first-order valence-corrected chi connectivity index (χ1v) is 13.3. The van der Waals surface area contributed by atoms with E-state index in [0.29, 0.717) is 69.6 Å². The van der Waals surface area contributed by atoms with E-state index in [1.165, 1.54) is 7.11 Å². The van der Waals surface area contributed by atoms with Crippen LogP contribution >= 0.6 is 34.8 Å². The number of halogens is 3. The molecule has 2 amide bonds. The van der Waals surface area contributed by atoms with Gasteiger partial charge in [-0.3, -0.25) is 9.59 Å². The maximum atomic E-state index is 13.1. The average molecular weight is 585 g/mol.